The third-order valence-electron chi connectivity index (χ3n) is 5.91. The summed E-state index contributed by atoms with van der Waals surface area (Å²) in [5.41, 5.74) is 5.35. The number of halogens is 1. The normalized spacial score (nSPS) is 14.7. The van der Waals surface area contributed by atoms with Gasteiger partial charge in [0, 0.05) is 30.8 Å². The van der Waals surface area contributed by atoms with Gasteiger partial charge in [-0.15, -0.1) is 0 Å². The third-order valence-corrected chi connectivity index (χ3v) is 5.91. The monoisotopic (exact) mass is 439 g/mol. The lowest BCUT2D eigenvalue weighted by Crippen LogP contribution is -2.36. The van der Waals surface area contributed by atoms with Crippen molar-refractivity contribution in [1.82, 2.24) is 14.7 Å². The number of nitrogens with zero attached hydrogens (tertiary/aromatic N) is 3. The number of morpholine rings is 1. The van der Waals surface area contributed by atoms with Gasteiger partial charge in [-0.2, -0.15) is 5.10 Å². The third kappa shape index (κ3) is 4.80. The second-order valence-electron chi connectivity index (χ2n) is 8.07. The van der Waals surface area contributed by atoms with Crippen molar-refractivity contribution in [3.05, 3.63) is 103 Å². The highest BCUT2D eigenvalue weighted by Crippen LogP contribution is 2.30. The minimum Gasteiger partial charge on any atom is -0.379 e. The van der Waals surface area contributed by atoms with Crippen LogP contribution in [-0.2, 0) is 4.74 Å². The number of ether oxygens (including phenoxy) is 1. The summed E-state index contributed by atoms with van der Waals surface area (Å²) in [7, 11) is 0. The molecule has 4 aromatic rings. The number of hydrogen-bond acceptors (Lipinski definition) is 3. The molecule has 0 amide bonds. The molecule has 1 aromatic heterocycles. The Balaban J connectivity index is 1.49. The van der Waals surface area contributed by atoms with Gasteiger partial charge in [0.2, 0.25) is 0 Å². The van der Waals surface area contributed by atoms with Gasteiger partial charge >= 0.3 is 0 Å². The van der Waals surface area contributed by atoms with Gasteiger partial charge in [-0.25, -0.2) is 9.07 Å². The van der Waals surface area contributed by atoms with E-state index in [2.05, 4.69) is 40.3 Å². The van der Waals surface area contributed by atoms with Gasteiger partial charge in [-0.1, -0.05) is 66.7 Å². The largest absolute Gasteiger partial charge is 0.379 e. The quantitative estimate of drug-likeness (QED) is 0.387. The summed E-state index contributed by atoms with van der Waals surface area (Å²) in [6.07, 6.45) is 5.97. The van der Waals surface area contributed by atoms with Crippen molar-refractivity contribution < 1.29 is 9.13 Å². The molecule has 1 saturated heterocycles. The van der Waals surface area contributed by atoms with E-state index in [9.17, 15) is 4.39 Å². The van der Waals surface area contributed by atoms with Crippen LogP contribution in [0.5, 0.6) is 0 Å². The smallest absolute Gasteiger partial charge is 0.132 e. The Morgan fingerprint density at radius 2 is 1.55 bits per heavy atom. The second kappa shape index (κ2) is 9.94. The Morgan fingerprint density at radius 3 is 2.30 bits per heavy atom. The van der Waals surface area contributed by atoms with E-state index in [4.69, 9.17) is 4.74 Å². The maximum Gasteiger partial charge on any atom is 0.132 e. The van der Waals surface area contributed by atoms with E-state index in [0.717, 1.165) is 60.9 Å². The van der Waals surface area contributed by atoms with Crippen LogP contribution in [0.3, 0.4) is 0 Å². The van der Waals surface area contributed by atoms with Crippen molar-refractivity contribution in [2.24, 2.45) is 0 Å². The number of benzene rings is 3. The van der Waals surface area contributed by atoms with E-state index in [1.807, 2.05) is 53.4 Å². The molecule has 1 fully saturated rings. The van der Waals surface area contributed by atoms with E-state index in [1.54, 1.807) is 12.1 Å². The summed E-state index contributed by atoms with van der Waals surface area (Å²) in [4.78, 5) is 2.34. The molecule has 5 rings (SSSR count). The van der Waals surface area contributed by atoms with Crippen LogP contribution in [0.4, 0.5) is 4.39 Å². The molecule has 0 atom stereocenters. The predicted octanol–water partition coefficient (Wildman–Crippen LogP) is 5.69. The summed E-state index contributed by atoms with van der Waals surface area (Å²) in [6, 6.07) is 25.3. The van der Waals surface area contributed by atoms with Gasteiger partial charge in [0.05, 0.1) is 30.8 Å². The van der Waals surface area contributed by atoms with Crippen LogP contribution in [0, 0.1) is 5.82 Å². The second-order valence-corrected chi connectivity index (χ2v) is 8.07. The van der Waals surface area contributed by atoms with E-state index in [1.165, 1.54) is 6.07 Å². The zero-order valence-electron chi connectivity index (χ0n) is 18.4. The zero-order valence-corrected chi connectivity index (χ0v) is 18.4. The van der Waals surface area contributed by atoms with Crippen molar-refractivity contribution in [2.45, 2.75) is 0 Å². The van der Waals surface area contributed by atoms with Crippen LogP contribution >= 0.6 is 0 Å². The summed E-state index contributed by atoms with van der Waals surface area (Å²) < 4.78 is 22.1. The molecule has 3 aromatic carbocycles. The Labute approximate surface area is 193 Å². The molecular formula is C28H26FN3O. The van der Waals surface area contributed by atoms with Gasteiger partial charge in [0.15, 0.2) is 0 Å². The van der Waals surface area contributed by atoms with Crippen molar-refractivity contribution in [3.8, 4) is 28.1 Å². The fraction of sp³-hybridized carbons (Fsp3) is 0.179. The van der Waals surface area contributed by atoms with E-state index < -0.39 is 0 Å². The lowest BCUT2D eigenvalue weighted by atomic mass is 10.0. The Bertz CT molecular complexity index is 1230. The highest BCUT2D eigenvalue weighted by Gasteiger charge is 2.16. The maximum absolute atomic E-state index is 14.8. The Hall–Kier alpha value is -3.54. The van der Waals surface area contributed by atoms with Crippen LogP contribution < -0.4 is 0 Å². The molecule has 0 spiro atoms. The molecule has 0 radical (unpaired) electrons. The molecule has 0 aliphatic carbocycles. The summed E-state index contributed by atoms with van der Waals surface area (Å²) in [6.45, 7) is 4.22. The molecule has 33 heavy (non-hydrogen) atoms. The minimum absolute atomic E-state index is 0.261. The zero-order chi connectivity index (χ0) is 22.5. The van der Waals surface area contributed by atoms with Crippen molar-refractivity contribution in [2.75, 3.05) is 32.8 Å². The first-order valence-corrected chi connectivity index (χ1v) is 11.2. The molecule has 4 nitrogen and oxygen atoms in total. The molecule has 2 heterocycles. The number of rotatable bonds is 6. The molecule has 5 heteroatoms. The van der Waals surface area contributed by atoms with Crippen molar-refractivity contribution in [1.29, 1.82) is 0 Å². The van der Waals surface area contributed by atoms with Crippen LogP contribution in [0.25, 0.3) is 34.1 Å². The van der Waals surface area contributed by atoms with Gasteiger partial charge in [0.25, 0.3) is 0 Å². The van der Waals surface area contributed by atoms with E-state index in [0.29, 0.717) is 5.56 Å². The van der Waals surface area contributed by atoms with Crippen LogP contribution in [0.15, 0.2) is 91.1 Å². The first-order valence-electron chi connectivity index (χ1n) is 11.2. The van der Waals surface area contributed by atoms with Gasteiger partial charge < -0.3 is 4.74 Å². The highest BCUT2D eigenvalue weighted by atomic mass is 19.1. The summed E-state index contributed by atoms with van der Waals surface area (Å²) in [5, 5.41) is 4.64. The fourth-order valence-corrected chi connectivity index (χ4v) is 4.14. The molecular weight excluding hydrogens is 413 g/mol. The Morgan fingerprint density at radius 1 is 0.848 bits per heavy atom. The maximum atomic E-state index is 14.8. The van der Waals surface area contributed by atoms with Gasteiger partial charge in [-0.3, -0.25) is 4.90 Å². The Kier molecular flexibility index (Phi) is 6.42. The molecule has 1 aliphatic heterocycles. The predicted molar refractivity (Wildman–Crippen MR) is 131 cm³/mol. The van der Waals surface area contributed by atoms with Crippen molar-refractivity contribution in [3.63, 3.8) is 0 Å². The molecule has 0 bridgehead atoms. The fourth-order valence-electron chi connectivity index (χ4n) is 4.14. The summed E-state index contributed by atoms with van der Waals surface area (Å²) >= 11 is 0. The number of aromatic nitrogens is 2. The molecule has 0 saturated carbocycles. The highest BCUT2D eigenvalue weighted by molar-refractivity contribution is 5.74. The van der Waals surface area contributed by atoms with Gasteiger partial charge in [0.1, 0.15) is 5.82 Å². The first-order chi connectivity index (χ1) is 16.3. The summed E-state index contributed by atoms with van der Waals surface area (Å²) in [5.74, 6) is -0.261. The van der Waals surface area contributed by atoms with Crippen LogP contribution in [0.2, 0.25) is 0 Å². The first kappa shape index (κ1) is 21.3. The van der Waals surface area contributed by atoms with Crippen LogP contribution in [0.1, 0.15) is 5.56 Å². The van der Waals surface area contributed by atoms with Crippen molar-refractivity contribution >= 4 is 6.08 Å². The SMILES string of the molecule is Fc1ccccc1-c1c(C=CCN2CCOCC2)cnn1-c1ccc(-c2ccccc2)cc1. The van der Waals surface area contributed by atoms with Gasteiger partial charge in [-0.05, 0) is 35.4 Å². The molecule has 0 N–H and O–H groups in total. The molecule has 0 unspecified atom stereocenters. The standard InChI is InChI=1S/C28H26FN3O/c29-27-11-5-4-10-26(27)28-24(9-6-16-31-17-19-33-20-18-31)21-30-32(28)25-14-12-23(13-15-25)22-7-2-1-3-8-22/h1-15,21H,16-20H2. The molecule has 1 aliphatic rings. The van der Waals surface area contributed by atoms with E-state index in [-0.39, 0.29) is 5.82 Å². The minimum atomic E-state index is -0.261. The topological polar surface area (TPSA) is 30.3 Å². The molecule has 166 valence electrons. The van der Waals surface area contributed by atoms with Crippen LogP contribution in [-0.4, -0.2) is 47.5 Å². The average Bonchev–Trinajstić information content (AvgIpc) is 3.29. The number of hydrogen-bond donors (Lipinski definition) is 0. The lowest BCUT2D eigenvalue weighted by Gasteiger charge is -2.25. The average molecular weight is 440 g/mol. The van der Waals surface area contributed by atoms with E-state index >= 15 is 0 Å². The lowest BCUT2D eigenvalue weighted by molar-refractivity contribution is 0.0435.